The van der Waals surface area contributed by atoms with Crippen LogP contribution in [0, 0.1) is 12.7 Å². The molecule has 18 heavy (non-hydrogen) atoms. The molecule has 0 atom stereocenters. The maximum atomic E-state index is 13.1. The Labute approximate surface area is 114 Å². The number of rotatable bonds is 3. The van der Waals surface area contributed by atoms with E-state index < -0.39 is 0 Å². The van der Waals surface area contributed by atoms with Crippen LogP contribution in [0.15, 0.2) is 40.9 Å². The van der Waals surface area contributed by atoms with Crippen molar-refractivity contribution in [1.82, 2.24) is 0 Å². The zero-order valence-corrected chi connectivity index (χ0v) is 11.5. The van der Waals surface area contributed by atoms with Crippen molar-refractivity contribution in [2.75, 3.05) is 5.73 Å². The first kappa shape index (κ1) is 12.9. The van der Waals surface area contributed by atoms with E-state index in [9.17, 15) is 4.39 Å². The van der Waals surface area contributed by atoms with Gasteiger partial charge in [-0.15, -0.1) is 0 Å². The van der Waals surface area contributed by atoms with Gasteiger partial charge < -0.3 is 10.5 Å². The van der Waals surface area contributed by atoms with Gasteiger partial charge in [-0.1, -0.05) is 22.0 Å². The number of hydrogen-bond donors (Lipinski definition) is 1. The van der Waals surface area contributed by atoms with Crippen LogP contribution in [0.4, 0.5) is 10.1 Å². The van der Waals surface area contributed by atoms with Crippen molar-refractivity contribution < 1.29 is 9.13 Å². The molecule has 2 N–H and O–H groups in total. The van der Waals surface area contributed by atoms with Gasteiger partial charge >= 0.3 is 0 Å². The van der Waals surface area contributed by atoms with E-state index in [4.69, 9.17) is 10.5 Å². The number of nitrogen functional groups attached to an aromatic ring is 1. The summed E-state index contributed by atoms with van der Waals surface area (Å²) in [7, 11) is 0. The second-order valence-electron chi connectivity index (χ2n) is 4.04. The van der Waals surface area contributed by atoms with E-state index in [-0.39, 0.29) is 12.4 Å². The van der Waals surface area contributed by atoms with Crippen molar-refractivity contribution in [3.05, 3.63) is 57.8 Å². The van der Waals surface area contributed by atoms with E-state index in [0.717, 1.165) is 15.8 Å². The fraction of sp³-hybridized carbons (Fsp3) is 0.143. The molecule has 0 unspecified atom stereocenters. The van der Waals surface area contributed by atoms with Gasteiger partial charge in [-0.3, -0.25) is 0 Å². The van der Waals surface area contributed by atoms with Crippen molar-refractivity contribution in [2.45, 2.75) is 13.5 Å². The lowest BCUT2D eigenvalue weighted by atomic mass is 10.2. The zero-order chi connectivity index (χ0) is 13.1. The number of benzene rings is 2. The minimum Gasteiger partial charge on any atom is -0.489 e. The Balaban J connectivity index is 2.16. The molecule has 0 radical (unpaired) electrons. The first-order chi connectivity index (χ1) is 8.56. The van der Waals surface area contributed by atoms with E-state index in [2.05, 4.69) is 15.9 Å². The van der Waals surface area contributed by atoms with E-state index in [0.29, 0.717) is 11.3 Å². The van der Waals surface area contributed by atoms with Crippen LogP contribution in [-0.4, -0.2) is 0 Å². The normalized spacial score (nSPS) is 10.4. The summed E-state index contributed by atoms with van der Waals surface area (Å²) in [5.74, 6) is 0.446. The summed E-state index contributed by atoms with van der Waals surface area (Å²) in [6.07, 6.45) is 0. The van der Waals surface area contributed by atoms with E-state index >= 15 is 0 Å². The fourth-order valence-electron chi connectivity index (χ4n) is 1.58. The van der Waals surface area contributed by atoms with E-state index in [1.807, 2.05) is 25.1 Å². The molecule has 2 aromatic carbocycles. The Morgan fingerprint density at radius 2 is 2.00 bits per heavy atom. The molecular weight excluding hydrogens is 297 g/mol. The number of hydrogen-bond acceptors (Lipinski definition) is 2. The van der Waals surface area contributed by atoms with Crippen LogP contribution in [-0.2, 0) is 6.61 Å². The Hall–Kier alpha value is -1.55. The summed E-state index contributed by atoms with van der Waals surface area (Å²) >= 11 is 3.38. The topological polar surface area (TPSA) is 35.2 Å². The lowest BCUT2D eigenvalue weighted by molar-refractivity contribution is 0.304. The molecule has 0 aliphatic carbocycles. The van der Waals surface area contributed by atoms with Crippen LogP contribution in [0.3, 0.4) is 0 Å². The minimum absolute atomic E-state index is 0.251. The van der Waals surface area contributed by atoms with Gasteiger partial charge in [0.25, 0.3) is 0 Å². The molecule has 94 valence electrons. The number of halogens is 2. The highest BCUT2D eigenvalue weighted by Gasteiger charge is 2.05. The van der Waals surface area contributed by atoms with Gasteiger partial charge in [0, 0.05) is 15.7 Å². The number of nitrogens with two attached hydrogens (primary N) is 1. The Kier molecular flexibility index (Phi) is 3.87. The van der Waals surface area contributed by atoms with Crippen molar-refractivity contribution in [2.24, 2.45) is 0 Å². The quantitative estimate of drug-likeness (QED) is 0.868. The lowest BCUT2D eigenvalue weighted by Crippen LogP contribution is -2.01. The van der Waals surface area contributed by atoms with Crippen molar-refractivity contribution in [3.8, 4) is 5.75 Å². The van der Waals surface area contributed by atoms with Gasteiger partial charge in [0.2, 0.25) is 0 Å². The van der Waals surface area contributed by atoms with Crippen LogP contribution in [0.25, 0.3) is 0 Å². The smallest absolute Gasteiger partial charge is 0.123 e. The van der Waals surface area contributed by atoms with Gasteiger partial charge in [-0.05, 0) is 42.8 Å². The molecule has 0 saturated heterocycles. The molecule has 0 aliphatic rings. The maximum absolute atomic E-state index is 13.1. The van der Waals surface area contributed by atoms with Gasteiger partial charge in [0.15, 0.2) is 0 Å². The highest BCUT2D eigenvalue weighted by molar-refractivity contribution is 9.10. The molecule has 0 fully saturated rings. The third-order valence-electron chi connectivity index (χ3n) is 2.64. The molecule has 0 amide bonds. The number of ether oxygens (including phenoxy) is 1. The average Bonchev–Trinajstić information content (AvgIpc) is 2.34. The fourth-order valence-corrected chi connectivity index (χ4v) is 1.92. The Morgan fingerprint density at radius 1 is 1.22 bits per heavy atom. The van der Waals surface area contributed by atoms with E-state index in [1.165, 1.54) is 12.1 Å². The SMILES string of the molecule is Cc1ccc(Br)cc1OCc1cc(F)ccc1N. The summed E-state index contributed by atoms with van der Waals surface area (Å²) in [4.78, 5) is 0. The molecule has 0 aromatic heterocycles. The second-order valence-corrected chi connectivity index (χ2v) is 4.96. The number of aryl methyl sites for hydroxylation is 1. The summed E-state index contributed by atoms with van der Waals surface area (Å²) in [5.41, 5.74) is 7.97. The van der Waals surface area contributed by atoms with Crippen LogP contribution in [0.5, 0.6) is 5.75 Å². The largest absolute Gasteiger partial charge is 0.489 e. The van der Waals surface area contributed by atoms with Gasteiger partial charge in [0.1, 0.15) is 18.2 Å². The third-order valence-corrected chi connectivity index (χ3v) is 3.13. The predicted octanol–water partition coefficient (Wildman–Crippen LogP) is 4.06. The molecule has 4 heteroatoms. The van der Waals surface area contributed by atoms with Crippen LogP contribution in [0.1, 0.15) is 11.1 Å². The molecule has 2 nitrogen and oxygen atoms in total. The summed E-state index contributed by atoms with van der Waals surface area (Å²) < 4.78 is 19.7. The molecule has 0 bridgehead atoms. The van der Waals surface area contributed by atoms with Gasteiger partial charge in [-0.25, -0.2) is 4.39 Å². The summed E-state index contributed by atoms with van der Waals surface area (Å²) in [6.45, 7) is 2.21. The zero-order valence-electron chi connectivity index (χ0n) is 9.91. The lowest BCUT2D eigenvalue weighted by Gasteiger charge is -2.11. The summed E-state index contributed by atoms with van der Waals surface area (Å²) in [5, 5.41) is 0. The van der Waals surface area contributed by atoms with Crippen molar-refractivity contribution in [3.63, 3.8) is 0 Å². The van der Waals surface area contributed by atoms with Crippen LogP contribution < -0.4 is 10.5 Å². The molecular formula is C14H13BrFNO. The highest BCUT2D eigenvalue weighted by atomic mass is 79.9. The van der Waals surface area contributed by atoms with E-state index in [1.54, 1.807) is 6.07 Å². The van der Waals surface area contributed by atoms with Crippen LogP contribution >= 0.6 is 15.9 Å². The molecule has 0 heterocycles. The Morgan fingerprint density at radius 3 is 2.78 bits per heavy atom. The molecule has 0 aliphatic heterocycles. The monoisotopic (exact) mass is 309 g/mol. The summed E-state index contributed by atoms with van der Waals surface area (Å²) in [6, 6.07) is 10.0. The molecule has 2 rings (SSSR count). The second kappa shape index (κ2) is 5.40. The van der Waals surface area contributed by atoms with Gasteiger partial charge in [0.05, 0.1) is 0 Å². The third kappa shape index (κ3) is 3.01. The first-order valence-corrected chi connectivity index (χ1v) is 6.28. The van der Waals surface area contributed by atoms with Crippen molar-refractivity contribution >= 4 is 21.6 Å². The highest BCUT2D eigenvalue weighted by Crippen LogP contribution is 2.24. The molecule has 0 saturated carbocycles. The number of anilines is 1. The van der Waals surface area contributed by atoms with Crippen LogP contribution in [0.2, 0.25) is 0 Å². The first-order valence-electron chi connectivity index (χ1n) is 5.49. The predicted molar refractivity (Wildman–Crippen MR) is 74.0 cm³/mol. The van der Waals surface area contributed by atoms with Gasteiger partial charge in [-0.2, -0.15) is 0 Å². The molecule has 0 spiro atoms. The van der Waals surface area contributed by atoms with Crippen molar-refractivity contribution in [1.29, 1.82) is 0 Å². The minimum atomic E-state index is -0.311. The maximum Gasteiger partial charge on any atom is 0.123 e. The average molecular weight is 310 g/mol. The molecule has 2 aromatic rings. The Bertz CT molecular complexity index is 520. The standard InChI is InChI=1S/C14H13BrFNO/c1-9-2-3-11(15)7-14(9)18-8-10-6-12(16)4-5-13(10)17/h2-7H,8,17H2,1H3.